The maximum atomic E-state index is 10.2. The van der Waals surface area contributed by atoms with E-state index in [9.17, 15) is 5.11 Å². The third-order valence-corrected chi connectivity index (χ3v) is 6.87. The average molecular weight is 479 g/mol. The van der Waals surface area contributed by atoms with Crippen LogP contribution in [0.4, 0.5) is 0 Å². The first kappa shape index (κ1) is 20.6. The van der Waals surface area contributed by atoms with Gasteiger partial charge in [0, 0.05) is 47.2 Å². The summed E-state index contributed by atoms with van der Waals surface area (Å²) in [4.78, 5) is 9.54. The minimum absolute atomic E-state index is 0.209. The predicted molar refractivity (Wildman–Crippen MR) is 130 cm³/mol. The number of imidazole rings is 1. The average Bonchev–Trinajstić information content (AvgIpc) is 3.57. The van der Waals surface area contributed by atoms with Crippen molar-refractivity contribution in [1.82, 2.24) is 29.5 Å². The van der Waals surface area contributed by atoms with Crippen molar-refractivity contribution in [1.29, 1.82) is 0 Å². The fourth-order valence-corrected chi connectivity index (χ4v) is 5.11. The first-order valence-corrected chi connectivity index (χ1v) is 11.5. The molecule has 1 atom stereocenters. The summed E-state index contributed by atoms with van der Waals surface area (Å²) in [5, 5.41) is 20.0. The van der Waals surface area contributed by atoms with Crippen LogP contribution in [0.25, 0.3) is 38.9 Å². The smallest absolute Gasteiger partial charge is 0.147 e. The molecule has 0 saturated carbocycles. The van der Waals surface area contributed by atoms with Crippen molar-refractivity contribution in [2.75, 3.05) is 13.1 Å². The SMILES string of the molecule is OCc1c(-c2c(Cl)cccc2Cl)nc2c3cc(-c4cnn([C@H]5CCNC5)c4)cnc3ccn12. The number of nitrogens with zero attached hydrogens (tertiary/aromatic N) is 5. The lowest BCUT2D eigenvalue weighted by molar-refractivity contribution is 0.276. The molecule has 9 heteroatoms. The van der Waals surface area contributed by atoms with Crippen LogP contribution in [0.1, 0.15) is 18.2 Å². The van der Waals surface area contributed by atoms with Gasteiger partial charge >= 0.3 is 0 Å². The molecule has 6 rings (SSSR count). The van der Waals surface area contributed by atoms with E-state index < -0.39 is 0 Å². The van der Waals surface area contributed by atoms with Crippen LogP contribution in [0.15, 0.2) is 55.1 Å². The Morgan fingerprint density at radius 1 is 1.12 bits per heavy atom. The van der Waals surface area contributed by atoms with Gasteiger partial charge in [-0.05, 0) is 37.2 Å². The maximum absolute atomic E-state index is 10.2. The van der Waals surface area contributed by atoms with Gasteiger partial charge in [0.1, 0.15) is 5.65 Å². The number of aliphatic hydroxyl groups is 1. The molecule has 5 heterocycles. The number of aromatic nitrogens is 5. The van der Waals surface area contributed by atoms with Gasteiger partial charge in [-0.25, -0.2) is 4.98 Å². The van der Waals surface area contributed by atoms with Gasteiger partial charge in [-0.1, -0.05) is 29.3 Å². The Labute approximate surface area is 199 Å². The number of pyridine rings is 2. The van der Waals surface area contributed by atoms with E-state index >= 15 is 0 Å². The molecule has 2 N–H and O–H groups in total. The lowest BCUT2D eigenvalue weighted by Crippen LogP contribution is -2.13. The molecule has 0 spiro atoms. The van der Waals surface area contributed by atoms with Crippen molar-refractivity contribution >= 4 is 39.8 Å². The Morgan fingerprint density at radius 2 is 1.97 bits per heavy atom. The highest BCUT2D eigenvalue weighted by atomic mass is 35.5. The topological polar surface area (TPSA) is 80.3 Å². The van der Waals surface area contributed by atoms with Crippen molar-refractivity contribution in [2.45, 2.75) is 19.1 Å². The maximum Gasteiger partial charge on any atom is 0.147 e. The van der Waals surface area contributed by atoms with Crippen molar-refractivity contribution < 1.29 is 5.11 Å². The standard InChI is InChI=1S/C24H20Cl2N6O/c25-18-2-1-3-19(26)22(18)23-21(13-33)31-7-5-20-17(24(31)30-23)8-14(9-28-20)15-10-29-32(12-15)16-4-6-27-11-16/h1-3,5,7-10,12,16,27,33H,4,6,11,13H2/t16-/m0/s1. The monoisotopic (exact) mass is 478 g/mol. The first-order chi connectivity index (χ1) is 16.1. The molecule has 0 aliphatic carbocycles. The Hall–Kier alpha value is -2.97. The fraction of sp³-hybridized carbons (Fsp3) is 0.208. The third-order valence-electron chi connectivity index (χ3n) is 6.24. The van der Waals surface area contributed by atoms with Crippen molar-refractivity contribution in [3.63, 3.8) is 0 Å². The zero-order valence-corrected chi connectivity index (χ0v) is 19.1. The minimum Gasteiger partial charge on any atom is -0.390 e. The quantitative estimate of drug-likeness (QED) is 0.389. The summed E-state index contributed by atoms with van der Waals surface area (Å²) in [6.07, 6.45) is 8.74. The summed E-state index contributed by atoms with van der Waals surface area (Å²) in [6, 6.07) is 9.68. The van der Waals surface area contributed by atoms with Crippen molar-refractivity contribution in [3.05, 3.63) is 70.9 Å². The number of fused-ring (bicyclic) bond motifs is 3. The van der Waals surface area contributed by atoms with E-state index in [1.54, 1.807) is 18.2 Å². The molecular formula is C24H20Cl2N6O. The highest BCUT2D eigenvalue weighted by molar-refractivity contribution is 6.39. The van der Waals surface area contributed by atoms with Crippen LogP contribution in [0.5, 0.6) is 0 Å². The van der Waals surface area contributed by atoms with Gasteiger partial charge in [0.25, 0.3) is 0 Å². The van der Waals surface area contributed by atoms with E-state index in [1.165, 1.54) is 0 Å². The Morgan fingerprint density at radius 3 is 2.73 bits per heavy atom. The van der Waals surface area contributed by atoms with Crippen LogP contribution in [-0.2, 0) is 6.61 Å². The third kappa shape index (κ3) is 3.40. The lowest BCUT2D eigenvalue weighted by Gasteiger charge is -2.08. The van der Waals surface area contributed by atoms with Crippen LogP contribution in [0, 0.1) is 0 Å². The molecule has 4 aromatic heterocycles. The van der Waals surface area contributed by atoms with E-state index in [0.717, 1.165) is 41.5 Å². The largest absolute Gasteiger partial charge is 0.390 e. The number of hydrogen-bond acceptors (Lipinski definition) is 5. The molecule has 0 bridgehead atoms. The van der Waals surface area contributed by atoms with Gasteiger partial charge in [-0.3, -0.25) is 9.67 Å². The lowest BCUT2D eigenvalue weighted by atomic mass is 10.1. The molecule has 1 aliphatic heterocycles. The second-order valence-electron chi connectivity index (χ2n) is 8.18. The Bertz CT molecular complexity index is 1480. The van der Waals surface area contributed by atoms with Crippen LogP contribution < -0.4 is 5.32 Å². The molecule has 7 nitrogen and oxygen atoms in total. The zero-order chi connectivity index (χ0) is 22.5. The first-order valence-electron chi connectivity index (χ1n) is 10.7. The molecule has 0 unspecified atom stereocenters. The van der Waals surface area contributed by atoms with Gasteiger partial charge in [-0.15, -0.1) is 0 Å². The molecule has 1 aromatic carbocycles. The number of halogens is 2. The molecule has 1 fully saturated rings. The number of aliphatic hydroxyl groups excluding tert-OH is 1. The van der Waals surface area contributed by atoms with Crippen LogP contribution in [0.2, 0.25) is 10.0 Å². The Balaban J connectivity index is 1.53. The van der Waals surface area contributed by atoms with Gasteiger partial charge in [-0.2, -0.15) is 5.10 Å². The molecule has 33 heavy (non-hydrogen) atoms. The highest BCUT2D eigenvalue weighted by Crippen LogP contribution is 2.37. The van der Waals surface area contributed by atoms with E-state index in [-0.39, 0.29) is 6.61 Å². The summed E-state index contributed by atoms with van der Waals surface area (Å²) >= 11 is 12.9. The molecule has 0 amide bonds. The molecule has 5 aromatic rings. The van der Waals surface area contributed by atoms with Gasteiger partial charge in [0.15, 0.2) is 0 Å². The molecule has 1 aliphatic rings. The fourth-order valence-electron chi connectivity index (χ4n) is 4.53. The van der Waals surface area contributed by atoms with Crippen LogP contribution >= 0.6 is 23.2 Å². The van der Waals surface area contributed by atoms with Crippen molar-refractivity contribution in [2.24, 2.45) is 0 Å². The van der Waals surface area contributed by atoms with E-state index in [4.69, 9.17) is 28.2 Å². The van der Waals surface area contributed by atoms with E-state index in [0.29, 0.717) is 38.7 Å². The minimum atomic E-state index is -0.209. The van der Waals surface area contributed by atoms with Gasteiger partial charge in [0.2, 0.25) is 0 Å². The highest BCUT2D eigenvalue weighted by Gasteiger charge is 2.21. The predicted octanol–water partition coefficient (Wildman–Crippen LogP) is 4.75. The second kappa shape index (κ2) is 8.11. The summed E-state index contributed by atoms with van der Waals surface area (Å²) < 4.78 is 3.90. The van der Waals surface area contributed by atoms with Crippen LogP contribution in [-0.4, -0.2) is 42.3 Å². The molecule has 166 valence electrons. The molecular weight excluding hydrogens is 459 g/mol. The summed E-state index contributed by atoms with van der Waals surface area (Å²) in [5.41, 5.74) is 5.24. The summed E-state index contributed by atoms with van der Waals surface area (Å²) in [6.45, 7) is 1.74. The van der Waals surface area contributed by atoms with Gasteiger partial charge in [0.05, 0.1) is 45.8 Å². The normalized spacial score (nSPS) is 16.3. The number of rotatable bonds is 4. The second-order valence-corrected chi connectivity index (χ2v) is 9.00. The zero-order valence-electron chi connectivity index (χ0n) is 17.5. The number of nitrogens with one attached hydrogen (secondary N) is 1. The number of hydrogen-bond donors (Lipinski definition) is 2. The van der Waals surface area contributed by atoms with Gasteiger partial charge < -0.3 is 14.8 Å². The van der Waals surface area contributed by atoms with E-state index in [1.807, 2.05) is 33.7 Å². The molecule has 0 radical (unpaired) electrons. The Kier molecular flexibility index (Phi) is 5.07. The number of benzene rings is 1. The summed E-state index contributed by atoms with van der Waals surface area (Å²) in [7, 11) is 0. The molecule has 1 saturated heterocycles. The van der Waals surface area contributed by atoms with E-state index in [2.05, 4.69) is 27.7 Å². The summed E-state index contributed by atoms with van der Waals surface area (Å²) in [5.74, 6) is 0. The van der Waals surface area contributed by atoms with Crippen LogP contribution in [0.3, 0.4) is 0 Å². The van der Waals surface area contributed by atoms with Crippen molar-refractivity contribution in [3.8, 4) is 22.4 Å².